The van der Waals surface area contributed by atoms with Gasteiger partial charge in [0.15, 0.2) is 5.82 Å². The number of hydrogen-bond acceptors (Lipinski definition) is 5. The van der Waals surface area contributed by atoms with Gasteiger partial charge >= 0.3 is 0 Å². The first-order valence-electron chi connectivity index (χ1n) is 9.05. The van der Waals surface area contributed by atoms with Gasteiger partial charge in [0, 0.05) is 41.1 Å². The first kappa shape index (κ1) is 16.9. The predicted octanol–water partition coefficient (Wildman–Crippen LogP) is 4.63. The highest BCUT2D eigenvalue weighted by Crippen LogP contribution is 2.39. The molecule has 0 saturated heterocycles. The summed E-state index contributed by atoms with van der Waals surface area (Å²) in [6.45, 7) is 2.93. The summed E-state index contributed by atoms with van der Waals surface area (Å²) >= 11 is 6.12. The van der Waals surface area contributed by atoms with Crippen molar-refractivity contribution in [3.05, 3.63) is 78.1 Å². The summed E-state index contributed by atoms with van der Waals surface area (Å²) in [5, 5.41) is 9.21. The summed E-state index contributed by atoms with van der Waals surface area (Å²) < 4.78 is 2.06. The lowest BCUT2D eigenvalue weighted by Gasteiger charge is -2.27. The molecule has 1 unspecified atom stereocenters. The number of nitrogens with zero attached hydrogens (tertiary/aromatic N) is 6. The zero-order valence-corrected chi connectivity index (χ0v) is 16.0. The normalized spacial score (nSPS) is 15.6. The maximum absolute atomic E-state index is 6.12. The Kier molecular flexibility index (Phi) is 4.06. The summed E-state index contributed by atoms with van der Waals surface area (Å²) in [7, 11) is 0. The Morgan fingerprint density at radius 2 is 1.79 bits per heavy atom. The smallest absolute Gasteiger partial charge is 0.159 e. The molecule has 3 heterocycles. The van der Waals surface area contributed by atoms with Crippen molar-refractivity contribution in [2.24, 2.45) is 0 Å². The van der Waals surface area contributed by atoms with Crippen LogP contribution in [0, 0.1) is 0 Å². The number of aromatic nitrogens is 5. The fourth-order valence-electron chi connectivity index (χ4n) is 3.62. The van der Waals surface area contributed by atoms with Crippen molar-refractivity contribution >= 4 is 23.0 Å². The maximum atomic E-state index is 6.12. The van der Waals surface area contributed by atoms with E-state index in [2.05, 4.69) is 48.7 Å². The van der Waals surface area contributed by atoms with E-state index >= 15 is 0 Å². The van der Waals surface area contributed by atoms with Crippen LogP contribution in [0.5, 0.6) is 0 Å². The molecule has 0 radical (unpaired) electrons. The molecule has 1 atom stereocenters. The highest BCUT2D eigenvalue weighted by molar-refractivity contribution is 6.30. The third kappa shape index (κ3) is 2.82. The fourth-order valence-corrected chi connectivity index (χ4v) is 3.74. The Hall–Kier alpha value is -3.25. The second-order valence-electron chi connectivity index (χ2n) is 6.82. The van der Waals surface area contributed by atoms with E-state index in [0.717, 1.165) is 40.0 Å². The molecule has 0 fully saturated rings. The summed E-state index contributed by atoms with van der Waals surface area (Å²) in [5.74, 6) is 1.84. The quantitative estimate of drug-likeness (QED) is 0.501. The van der Waals surface area contributed by atoms with E-state index in [4.69, 9.17) is 11.6 Å². The highest BCUT2D eigenvalue weighted by Gasteiger charge is 2.27. The van der Waals surface area contributed by atoms with Gasteiger partial charge in [0.05, 0.1) is 11.4 Å². The minimum Gasteiger partial charge on any atom is -0.339 e. The number of anilines is 2. The Morgan fingerprint density at radius 3 is 2.57 bits per heavy atom. The number of benzene rings is 2. The molecule has 6 nitrogen and oxygen atoms in total. The van der Waals surface area contributed by atoms with E-state index < -0.39 is 0 Å². The molecule has 0 bridgehead atoms. The molecule has 7 heteroatoms. The molecule has 1 aliphatic heterocycles. The van der Waals surface area contributed by atoms with E-state index in [9.17, 15) is 0 Å². The van der Waals surface area contributed by atoms with E-state index in [1.807, 2.05) is 36.4 Å². The second kappa shape index (κ2) is 6.73. The topological polar surface area (TPSA) is 59.7 Å². The van der Waals surface area contributed by atoms with E-state index in [1.54, 1.807) is 18.7 Å². The molecule has 0 saturated carbocycles. The molecule has 28 heavy (non-hydrogen) atoms. The zero-order chi connectivity index (χ0) is 19.1. The van der Waals surface area contributed by atoms with Crippen LogP contribution < -0.4 is 4.90 Å². The molecular weight excluding hydrogens is 372 g/mol. The molecular formula is C21H17ClN6. The van der Waals surface area contributed by atoms with Gasteiger partial charge in [0.1, 0.15) is 12.2 Å². The fraction of sp³-hybridized carbons (Fsp3) is 0.143. The zero-order valence-electron chi connectivity index (χ0n) is 15.2. The number of hydrogen-bond donors (Lipinski definition) is 0. The van der Waals surface area contributed by atoms with Crippen LogP contribution in [0.25, 0.3) is 17.1 Å². The van der Waals surface area contributed by atoms with Crippen molar-refractivity contribution in [2.75, 3.05) is 11.4 Å². The van der Waals surface area contributed by atoms with Crippen LogP contribution in [-0.4, -0.2) is 31.3 Å². The molecule has 0 N–H and O–H groups in total. The SMILES string of the molecule is CC1CN(c2ccc(Cl)cc2)c2cc(-c3ncccn3)ccc2-n2cnnc21. The van der Waals surface area contributed by atoms with Gasteiger partial charge in [-0.15, -0.1) is 10.2 Å². The molecule has 0 spiro atoms. The third-order valence-corrected chi connectivity index (χ3v) is 5.21. The predicted molar refractivity (Wildman–Crippen MR) is 109 cm³/mol. The first-order valence-corrected chi connectivity index (χ1v) is 9.43. The molecule has 138 valence electrons. The Labute approximate surface area is 167 Å². The lowest BCUT2D eigenvalue weighted by molar-refractivity contribution is 0.697. The number of rotatable bonds is 2. The minimum absolute atomic E-state index is 0.196. The molecule has 4 aromatic rings. The Morgan fingerprint density at radius 1 is 1.00 bits per heavy atom. The van der Waals surface area contributed by atoms with Gasteiger partial charge in [-0.1, -0.05) is 18.5 Å². The van der Waals surface area contributed by atoms with Crippen molar-refractivity contribution in [1.82, 2.24) is 24.7 Å². The van der Waals surface area contributed by atoms with Crippen LogP contribution in [0.15, 0.2) is 67.3 Å². The minimum atomic E-state index is 0.196. The van der Waals surface area contributed by atoms with E-state index in [1.165, 1.54) is 0 Å². The van der Waals surface area contributed by atoms with Crippen molar-refractivity contribution in [1.29, 1.82) is 0 Å². The van der Waals surface area contributed by atoms with Crippen molar-refractivity contribution in [2.45, 2.75) is 12.8 Å². The lowest BCUT2D eigenvalue weighted by Crippen LogP contribution is -2.22. The maximum Gasteiger partial charge on any atom is 0.159 e. The molecule has 5 rings (SSSR count). The van der Waals surface area contributed by atoms with Gasteiger partial charge in [0.25, 0.3) is 0 Å². The van der Waals surface area contributed by atoms with Gasteiger partial charge in [-0.25, -0.2) is 9.97 Å². The molecule has 2 aromatic heterocycles. The summed E-state index contributed by atoms with van der Waals surface area (Å²) in [5.41, 5.74) is 4.11. The van der Waals surface area contributed by atoms with Crippen molar-refractivity contribution in [3.63, 3.8) is 0 Å². The second-order valence-corrected chi connectivity index (χ2v) is 7.26. The summed E-state index contributed by atoms with van der Waals surface area (Å²) in [6, 6.07) is 16.0. The third-order valence-electron chi connectivity index (χ3n) is 4.96. The van der Waals surface area contributed by atoms with Gasteiger partial charge in [-0.2, -0.15) is 0 Å². The molecule has 0 aliphatic carbocycles. The number of fused-ring (bicyclic) bond motifs is 3. The van der Waals surface area contributed by atoms with Crippen LogP contribution in [0.1, 0.15) is 18.7 Å². The average molecular weight is 389 g/mol. The van der Waals surface area contributed by atoms with Crippen LogP contribution >= 0.6 is 11.6 Å². The van der Waals surface area contributed by atoms with Crippen LogP contribution in [0.4, 0.5) is 11.4 Å². The van der Waals surface area contributed by atoms with Crippen LogP contribution in [0.3, 0.4) is 0 Å². The molecule has 2 aromatic carbocycles. The highest BCUT2D eigenvalue weighted by atomic mass is 35.5. The average Bonchev–Trinajstić information content (AvgIpc) is 3.19. The lowest BCUT2D eigenvalue weighted by atomic mass is 10.1. The number of halogens is 1. The van der Waals surface area contributed by atoms with Crippen molar-refractivity contribution < 1.29 is 0 Å². The van der Waals surface area contributed by atoms with E-state index in [0.29, 0.717) is 5.82 Å². The standard InChI is InChI=1S/C21H17ClN6/c1-14-12-27(17-6-4-16(22)5-7-17)19-11-15(20-23-9-2-10-24-20)3-8-18(19)28-13-25-26-21(14)28/h2-11,13-14H,12H2,1H3. The Bertz CT molecular complexity index is 1120. The van der Waals surface area contributed by atoms with Gasteiger partial charge < -0.3 is 4.90 Å². The largest absolute Gasteiger partial charge is 0.339 e. The monoisotopic (exact) mass is 388 g/mol. The first-order chi connectivity index (χ1) is 13.7. The van der Waals surface area contributed by atoms with Crippen LogP contribution in [-0.2, 0) is 0 Å². The summed E-state index contributed by atoms with van der Waals surface area (Å²) in [4.78, 5) is 11.1. The van der Waals surface area contributed by atoms with Gasteiger partial charge in [0.2, 0.25) is 0 Å². The molecule has 1 aliphatic rings. The van der Waals surface area contributed by atoms with Gasteiger partial charge in [-0.3, -0.25) is 4.57 Å². The van der Waals surface area contributed by atoms with E-state index in [-0.39, 0.29) is 5.92 Å². The van der Waals surface area contributed by atoms with Crippen molar-refractivity contribution in [3.8, 4) is 17.1 Å². The van der Waals surface area contributed by atoms with Gasteiger partial charge in [-0.05, 0) is 48.5 Å². The Balaban J connectivity index is 1.72. The van der Waals surface area contributed by atoms with Crippen LogP contribution in [0.2, 0.25) is 5.02 Å². The molecule has 0 amide bonds. The summed E-state index contributed by atoms with van der Waals surface area (Å²) in [6.07, 6.45) is 5.28.